The van der Waals surface area contributed by atoms with E-state index >= 15 is 0 Å². The van der Waals surface area contributed by atoms with Gasteiger partial charge in [-0.15, -0.1) is 0 Å². The Labute approximate surface area is 487 Å². The van der Waals surface area contributed by atoms with Crippen LogP contribution in [-0.2, 0) is 9.09 Å². The van der Waals surface area contributed by atoms with Crippen LogP contribution in [0.5, 0.6) is 5.75 Å². The normalized spacial score (nSPS) is 12.4. The maximum atomic E-state index is 14.2. The summed E-state index contributed by atoms with van der Waals surface area (Å²) >= 11 is 0. The van der Waals surface area contributed by atoms with Crippen LogP contribution in [0, 0.1) is 0 Å². The first kappa shape index (κ1) is 72.2. The summed E-state index contributed by atoms with van der Waals surface area (Å²) in [5, 5.41) is 0. The predicted molar refractivity (Wildman–Crippen MR) is 345 cm³/mol. The topological polar surface area (TPSA) is 52.6 Å². The Morgan fingerprint density at radius 3 is 0.795 bits per heavy atom. The average molecular weight is 1100 g/mol. The second-order valence-electron chi connectivity index (χ2n) is 24.6. The smallest absolute Gasteiger partial charge is 0.379 e. The van der Waals surface area contributed by atoms with Gasteiger partial charge in [0.05, 0.1) is 12.8 Å². The Kier molecular flexibility index (Phi) is 52.7. The maximum Gasteiger partial charge on any atom is 0.379 e. The van der Waals surface area contributed by atoms with Gasteiger partial charge in [-0.1, -0.05) is 391 Å². The molecule has 0 aromatic heterocycles. The van der Waals surface area contributed by atoms with Crippen LogP contribution in [0.2, 0.25) is 0 Å². The van der Waals surface area contributed by atoms with Crippen molar-refractivity contribution in [2.45, 2.75) is 373 Å². The SMILES string of the molecule is CCCCCCCCCCCCCCCCCCCCCCCCCCCCCCOP(=O)(CCCCCCCCCCCCCCCCCCCCCCCCCCCCCC)Oc1ccc(C(=O)c2ccccc2)cc1. The first-order valence-corrected chi connectivity index (χ1v) is 36.9. The van der Waals surface area contributed by atoms with Gasteiger partial charge in [0.2, 0.25) is 0 Å². The Hall–Kier alpha value is -1.90. The van der Waals surface area contributed by atoms with Crippen molar-refractivity contribution < 1.29 is 18.4 Å². The first-order valence-electron chi connectivity index (χ1n) is 35.2. The van der Waals surface area contributed by atoms with E-state index in [2.05, 4.69) is 13.8 Å². The third-order valence-electron chi connectivity index (χ3n) is 17.0. The monoisotopic (exact) mass is 1100 g/mol. The van der Waals surface area contributed by atoms with Crippen molar-refractivity contribution in [1.82, 2.24) is 0 Å². The van der Waals surface area contributed by atoms with Gasteiger partial charge in [-0.25, -0.2) is 4.57 Å². The lowest BCUT2D eigenvalue weighted by Crippen LogP contribution is -2.05. The Morgan fingerprint density at radius 1 is 0.295 bits per heavy atom. The van der Waals surface area contributed by atoms with Crippen molar-refractivity contribution in [2.24, 2.45) is 0 Å². The van der Waals surface area contributed by atoms with Crippen LogP contribution < -0.4 is 4.52 Å². The van der Waals surface area contributed by atoms with E-state index in [1.54, 1.807) is 24.3 Å². The van der Waals surface area contributed by atoms with Gasteiger partial charge in [0.25, 0.3) is 0 Å². The number of carbonyl (C=O) groups is 1. The third-order valence-corrected chi connectivity index (χ3v) is 18.9. The van der Waals surface area contributed by atoms with Crippen LogP contribution in [0.4, 0.5) is 0 Å². The predicted octanol–water partition coefficient (Wildman–Crippen LogP) is 26.4. The van der Waals surface area contributed by atoms with E-state index < -0.39 is 7.60 Å². The molecule has 0 aliphatic rings. The second kappa shape index (κ2) is 56.9. The van der Waals surface area contributed by atoms with E-state index in [4.69, 9.17) is 9.05 Å². The fraction of sp³-hybridized carbons (Fsp3) is 0.822. The Balaban J connectivity index is 1.46. The third kappa shape index (κ3) is 46.7. The minimum Gasteiger partial charge on any atom is -0.424 e. The fourth-order valence-corrected chi connectivity index (χ4v) is 13.4. The van der Waals surface area contributed by atoms with Crippen LogP contribution in [0.3, 0.4) is 0 Å². The minimum atomic E-state index is -3.33. The molecular weight excluding hydrogens is 972 g/mol. The standard InChI is InChI=1S/C73H131O4P/c1-3-5-7-9-11-13-15-17-19-21-23-25-27-29-31-33-35-37-39-41-43-45-47-49-51-53-55-60-68-76-78(75,77-72-66-64-71(65-67-72)73(74)70-62-58-57-59-63-70)69-61-56-54-52-50-48-46-44-42-40-38-36-34-32-30-28-26-24-22-20-18-16-14-12-10-8-6-4-2/h57-59,62-67H,3-56,60-61,68-69H2,1-2H3. The molecule has 0 bridgehead atoms. The summed E-state index contributed by atoms with van der Waals surface area (Å²) in [6.07, 6.45) is 77.9. The number of carbonyl (C=O) groups excluding carboxylic acids is 1. The quantitative estimate of drug-likeness (QED) is 0.0376. The molecule has 5 heteroatoms. The summed E-state index contributed by atoms with van der Waals surface area (Å²) in [6, 6.07) is 16.5. The van der Waals surface area contributed by atoms with Gasteiger partial charge in [-0.05, 0) is 37.1 Å². The average Bonchev–Trinajstić information content (AvgIpc) is 3.46. The van der Waals surface area contributed by atoms with Gasteiger partial charge >= 0.3 is 7.60 Å². The zero-order chi connectivity index (χ0) is 55.6. The molecule has 0 saturated carbocycles. The molecule has 0 aliphatic heterocycles. The molecule has 0 radical (unpaired) electrons. The number of unbranched alkanes of at least 4 members (excludes halogenated alkanes) is 54. The highest BCUT2D eigenvalue weighted by atomic mass is 31.2. The lowest BCUT2D eigenvalue weighted by molar-refractivity contribution is 0.103. The maximum absolute atomic E-state index is 14.2. The number of rotatable bonds is 63. The number of hydrogen-bond acceptors (Lipinski definition) is 4. The summed E-state index contributed by atoms with van der Waals surface area (Å²) in [6.45, 7) is 5.08. The van der Waals surface area contributed by atoms with E-state index in [0.29, 0.717) is 29.6 Å². The molecule has 0 saturated heterocycles. The highest BCUT2D eigenvalue weighted by molar-refractivity contribution is 7.54. The minimum absolute atomic E-state index is 0.0245. The van der Waals surface area contributed by atoms with Crippen LogP contribution in [0.15, 0.2) is 54.6 Å². The van der Waals surface area contributed by atoms with Crippen molar-refractivity contribution in [3.8, 4) is 5.75 Å². The van der Waals surface area contributed by atoms with Gasteiger partial charge in [0.1, 0.15) is 5.75 Å². The molecule has 0 aliphatic carbocycles. The van der Waals surface area contributed by atoms with Crippen molar-refractivity contribution in [3.63, 3.8) is 0 Å². The summed E-state index contributed by atoms with van der Waals surface area (Å²) in [4.78, 5) is 13.0. The highest BCUT2D eigenvalue weighted by Crippen LogP contribution is 2.49. The van der Waals surface area contributed by atoms with E-state index in [9.17, 15) is 9.36 Å². The Morgan fingerprint density at radius 2 is 0.526 bits per heavy atom. The Bertz CT molecular complexity index is 1560. The van der Waals surface area contributed by atoms with Crippen molar-refractivity contribution >= 4 is 13.4 Å². The summed E-state index contributed by atoms with van der Waals surface area (Å²) in [7, 11) is -3.33. The lowest BCUT2D eigenvalue weighted by Gasteiger charge is -2.20. The fourth-order valence-electron chi connectivity index (χ4n) is 11.7. The molecule has 2 rings (SSSR count). The van der Waals surface area contributed by atoms with Crippen molar-refractivity contribution in [3.05, 3.63) is 65.7 Å². The molecule has 0 fully saturated rings. The molecule has 452 valence electrons. The number of ketones is 1. The summed E-state index contributed by atoms with van der Waals surface area (Å²) in [5.41, 5.74) is 1.26. The summed E-state index contributed by atoms with van der Waals surface area (Å²) < 4.78 is 26.6. The number of benzene rings is 2. The van der Waals surface area contributed by atoms with Crippen molar-refractivity contribution in [1.29, 1.82) is 0 Å². The highest BCUT2D eigenvalue weighted by Gasteiger charge is 2.26. The zero-order valence-corrected chi connectivity index (χ0v) is 53.2. The van der Waals surface area contributed by atoms with Crippen LogP contribution in [-0.4, -0.2) is 18.6 Å². The number of hydrogen-bond donors (Lipinski definition) is 0. The molecule has 2 aromatic carbocycles. The molecule has 0 spiro atoms. The molecule has 78 heavy (non-hydrogen) atoms. The lowest BCUT2D eigenvalue weighted by atomic mass is 10.0. The summed E-state index contributed by atoms with van der Waals surface area (Å²) in [5.74, 6) is 0.488. The zero-order valence-electron chi connectivity index (χ0n) is 52.3. The van der Waals surface area contributed by atoms with Crippen LogP contribution in [0.25, 0.3) is 0 Å². The second-order valence-corrected chi connectivity index (χ2v) is 26.7. The molecule has 1 atom stereocenters. The molecule has 0 N–H and O–H groups in total. The first-order chi connectivity index (χ1) is 38.6. The van der Waals surface area contributed by atoms with Gasteiger partial charge < -0.3 is 4.52 Å². The van der Waals surface area contributed by atoms with Crippen molar-refractivity contribution in [2.75, 3.05) is 12.8 Å². The molecule has 1 unspecified atom stereocenters. The van der Waals surface area contributed by atoms with Gasteiger partial charge in [0, 0.05) is 11.1 Å². The molecule has 2 aromatic rings. The molecule has 0 heterocycles. The van der Waals surface area contributed by atoms with Gasteiger partial charge in [0.15, 0.2) is 5.78 Å². The largest absolute Gasteiger partial charge is 0.424 e. The van der Waals surface area contributed by atoms with E-state index in [1.165, 1.54) is 334 Å². The molecule has 0 amide bonds. The van der Waals surface area contributed by atoms with Crippen LogP contribution >= 0.6 is 7.60 Å². The van der Waals surface area contributed by atoms with Gasteiger partial charge in [-0.3, -0.25) is 9.32 Å². The van der Waals surface area contributed by atoms with Crippen LogP contribution in [0.1, 0.15) is 389 Å². The van der Waals surface area contributed by atoms with E-state index in [-0.39, 0.29) is 5.78 Å². The molecule has 4 nitrogen and oxygen atoms in total. The van der Waals surface area contributed by atoms with E-state index in [1.807, 2.05) is 30.3 Å². The molecular formula is C73H131O4P. The van der Waals surface area contributed by atoms with Gasteiger partial charge in [-0.2, -0.15) is 0 Å². The van der Waals surface area contributed by atoms with E-state index in [0.717, 1.165) is 25.7 Å².